The summed E-state index contributed by atoms with van der Waals surface area (Å²) >= 11 is 0. The van der Waals surface area contributed by atoms with Crippen LogP contribution in [0.25, 0.3) is 0 Å². The van der Waals surface area contributed by atoms with E-state index < -0.39 is 6.04 Å². The molecule has 1 amide bonds. The highest BCUT2D eigenvalue weighted by Gasteiger charge is 2.22. The molecule has 0 bridgehead atoms. The fourth-order valence-electron chi connectivity index (χ4n) is 1.92. The summed E-state index contributed by atoms with van der Waals surface area (Å²) < 4.78 is 5.29. The van der Waals surface area contributed by atoms with E-state index in [0.29, 0.717) is 0 Å². The van der Waals surface area contributed by atoms with Crippen molar-refractivity contribution in [2.75, 3.05) is 7.11 Å². The van der Waals surface area contributed by atoms with Crippen molar-refractivity contribution < 1.29 is 9.53 Å². The van der Waals surface area contributed by atoms with E-state index in [1.54, 1.807) is 7.11 Å². The number of carbonyl (C=O) groups excluding carboxylic acids is 1. The van der Waals surface area contributed by atoms with Gasteiger partial charge in [-0.15, -0.1) is 0 Å². The van der Waals surface area contributed by atoms with Crippen LogP contribution in [0.1, 0.15) is 38.8 Å². The summed E-state index contributed by atoms with van der Waals surface area (Å²) in [4.78, 5) is 12.0. The molecular formula is C15H24N2O2. The summed E-state index contributed by atoms with van der Waals surface area (Å²) in [5.41, 5.74) is 6.88. The number of hydrogen-bond acceptors (Lipinski definition) is 3. The Morgan fingerprint density at radius 3 is 2.58 bits per heavy atom. The fourth-order valence-corrected chi connectivity index (χ4v) is 1.92. The van der Waals surface area contributed by atoms with Gasteiger partial charge in [-0.3, -0.25) is 4.79 Å². The van der Waals surface area contributed by atoms with Gasteiger partial charge >= 0.3 is 0 Å². The zero-order valence-electron chi connectivity index (χ0n) is 12.1. The summed E-state index contributed by atoms with van der Waals surface area (Å²) in [6.45, 7) is 5.94. The van der Waals surface area contributed by atoms with Crippen molar-refractivity contribution in [3.8, 4) is 5.75 Å². The number of hydrogen-bond donors (Lipinski definition) is 2. The molecule has 0 heterocycles. The normalized spacial score (nSPS) is 15.4. The van der Waals surface area contributed by atoms with Gasteiger partial charge in [-0.05, 0) is 18.9 Å². The molecule has 3 N–H and O–H groups in total. The first-order chi connectivity index (χ1) is 9.01. The lowest BCUT2D eigenvalue weighted by atomic mass is 9.98. The molecule has 0 saturated heterocycles. The number of para-hydroxylation sites is 1. The molecule has 0 spiro atoms. The summed E-state index contributed by atoms with van der Waals surface area (Å²) in [6, 6.07) is 7.06. The molecule has 4 nitrogen and oxygen atoms in total. The van der Waals surface area contributed by atoms with Crippen LogP contribution in [0, 0.1) is 5.92 Å². The Bertz CT molecular complexity index is 420. The minimum absolute atomic E-state index is 0.118. The van der Waals surface area contributed by atoms with Crippen molar-refractivity contribution in [3.05, 3.63) is 29.8 Å². The van der Waals surface area contributed by atoms with E-state index in [-0.39, 0.29) is 17.9 Å². The monoisotopic (exact) mass is 264 g/mol. The summed E-state index contributed by atoms with van der Waals surface area (Å²) in [7, 11) is 1.62. The standard InChI is InChI=1S/C15H24N2O2/c1-5-10(2)14(16)15(18)17-11(3)12-8-6-7-9-13(12)19-4/h6-11,14H,5,16H2,1-4H3,(H,17,18)/t10?,11-,14-/m0/s1. The van der Waals surface area contributed by atoms with E-state index in [2.05, 4.69) is 5.32 Å². The van der Waals surface area contributed by atoms with Crippen molar-refractivity contribution in [1.29, 1.82) is 0 Å². The zero-order valence-corrected chi connectivity index (χ0v) is 12.1. The van der Waals surface area contributed by atoms with Gasteiger partial charge in [-0.2, -0.15) is 0 Å². The van der Waals surface area contributed by atoms with E-state index in [1.165, 1.54) is 0 Å². The highest BCUT2D eigenvalue weighted by molar-refractivity contribution is 5.82. The van der Waals surface area contributed by atoms with Crippen LogP contribution in [-0.2, 0) is 4.79 Å². The number of ether oxygens (including phenoxy) is 1. The Morgan fingerprint density at radius 2 is 2.00 bits per heavy atom. The molecule has 0 aliphatic rings. The number of nitrogens with one attached hydrogen (secondary N) is 1. The minimum Gasteiger partial charge on any atom is -0.496 e. The van der Waals surface area contributed by atoms with Crippen LogP contribution in [0.2, 0.25) is 0 Å². The maximum absolute atomic E-state index is 12.0. The number of carbonyl (C=O) groups is 1. The lowest BCUT2D eigenvalue weighted by molar-refractivity contribution is -0.124. The molecule has 0 fully saturated rings. The highest BCUT2D eigenvalue weighted by atomic mass is 16.5. The van der Waals surface area contributed by atoms with Gasteiger partial charge in [0, 0.05) is 5.56 Å². The van der Waals surface area contributed by atoms with Crippen LogP contribution < -0.4 is 15.8 Å². The molecule has 19 heavy (non-hydrogen) atoms. The van der Waals surface area contributed by atoms with Crippen LogP contribution in [-0.4, -0.2) is 19.1 Å². The molecule has 0 radical (unpaired) electrons. The van der Waals surface area contributed by atoms with Crippen molar-refractivity contribution in [3.63, 3.8) is 0 Å². The van der Waals surface area contributed by atoms with E-state index in [0.717, 1.165) is 17.7 Å². The maximum Gasteiger partial charge on any atom is 0.237 e. The lowest BCUT2D eigenvalue weighted by Crippen LogP contribution is -2.45. The van der Waals surface area contributed by atoms with Crippen molar-refractivity contribution >= 4 is 5.91 Å². The quantitative estimate of drug-likeness (QED) is 0.828. The van der Waals surface area contributed by atoms with Gasteiger partial charge in [0.2, 0.25) is 5.91 Å². The Morgan fingerprint density at radius 1 is 1.37 bits per heavy atom. The smallest absolute Gasteiger partial charge is 0.237 e. The van der Waals surface area contributed by atoms with E-state index in [4.69, 9.17) is 10.5 Å². The van der Waals surface area contributed by atoms with E-state index in [1.807, 2.05) is 45.0 Å². The first-order valence-electron chi connectivity index (χ1n) is 6.70. The number of methoxy groups -OCH3 is 1. The van der Waals surface area contributed by atoms with Crippen LogP contribution in [0.5, 0.6) is 5.75 Å². The Hall–Kier alpha value is -1.55. The second-order valence-corrected chi connectivity index (χ2v) is 4.88. The Kier molecular flexibility index (Phi) is 5.83. The van der Waals surface area contributed by atoms with Crippen molar-refractivity contribution in [1.82, 2.24) is 5.32 Å². The molecule has 1 unspecified atom stereocenters. The number of benzene rings is 1. The van der Waals surface area contributed by atoms with Gasteiger partial charge in [0.15, 0.2) is 0 Å². The zero-order chi connectivity index (χ0) is 14.4. The molecule has 0 aliphatic heterocycles. The van der Waals surface area contributed by atoms with Gasteiger partial charge in [-0.25, -0.2) is 0 Å². The highest BCUT2D eigenvalue weighted by Crippen LogP contribution is 2.24. The number of nitrogens with two attached hydrogens (primary N) is 1. The summed E-state index contributed by atoms with van der Waals surface area (Å²) in [5, 5.41) is 2.94. The maximum atomic E-state index is 12.0. The molecule has 1 rings (SSSR count). The molecule has 0 aromatic heterocycles. The molecule has 0 aliphatic carbocycles. The minimum atomic E-state index is -0.470. The predicted octanol–water partition coefficient (Wildman–Crippen LogP) is 2.25. The largest absolute Gasteiger partial charge is 0.496 e. The predicted molar refractivity (Wildman–Crippen MR) is 77.0 cm³/mol. The Balaban J connectivity index is 2.74. The van der Waals surface area contributed by atoms with Gasteiger partial charge < -0.3 is 15.8 Å². The van der Waals surface area contributed by atoms with Crippen molar-refractivity contribution in [2.24, 2.45) is 11.7 Å². The van der Waals surface area contributed by atoms with E-state index >= 15 is 0 Å². The number of amides is 1. The van der Waals surface area contributed by atoms with Crippen LogP contribution in [0.4, 0.5) is 0 Å². The third-order valence-electron chi connectivity index (χ3n) is 3.52. The molecule has 1 aromatic carbocycles. The SMILES string of the molecule is CCC(C)[C@H](N)C(=O)N[C@@H](C)c1ccccc1OC. The second kappa shape index (κ2) is 7.14. The van der Waals surface area contributed by atoms with Crippen LogP contribution in [0.3, 0.4) is 0 Å². The first kappa shape index (κ1) is 15.5. The fraction of sp³-hybridized carbons (Fsp3) is 0.533. The molecule has 0 saturated carbocycles. The van der Waals surface area contributed by atoms with Gasteiger partial charge in [0.25, 0.3) is 0 Å². The molecule has 106 valence electrons. The third-order valence-corrected chi connectivity index (χ3v) is 3.52. The third kappa shape index (κ3) is 3.96. The van der Waals surface area contributed by atoms with E-state index in [9.17, 15) is 4.79 Å². The van der Waals surface area contributed by atoms with Crippen LogP contribution >= 0.6 is 0 Å². The molecule has 1 aromatic rings. The van der Waals surface area contributed by atoms with Gasteiger partial charge in [0.05, 0.1) is 19.2 Å². The lowest BCUT2D eigenvalue weighted by Gasteiger charge is -2.22. The molecule has 4 heteroatoms. The first-order valence-corrected chi connectivity index (χ1v) is 6.70. The summed E-state index contributed by atoms with van der Waals surface area (Å²) in [5.74, 6) is 0.824. The van der Waals surface area contributed by atoms with Crippen molar-refractivity contribution in [2.45, 2.75) is 39.3 Å². The average molecular weight is 264 g/mol. The molecule has 3 atom stereocenters. The summed E-state index contributed by atoms with van der Waals surface area (Å²) in [6.07, 6.45) is 0.887. The average Bonchev–Trinajstić information content (AvgIpc) is 2.45. The Labute approximate surface area is 115 Å². The second-order valence-electron chi connectivity index (χ2n) is 4.88. The molecular weight excluding hydrogens is 240 g/mol. The topological polar surface area (TPSA) is 64.4 Å². The number of rotatable bonds is 6. The van der Waals surface area contributed by atoms with Gasteiger partial charge in [0.1, 0.15) is 5.75 Å². The van der Waals surface area contributed by atoms with Gasteiger partial charge in [-0.1, -0.05) is 38.5 Å². The van der Waals surface area contributed by atoms with Crippen LogP contribution in [0.15, 0.2) is 24.3 Å².